The fraction of sp³-hybridized carbons (Fsp3) is 0.833. The van der Waals surface area contributed by atoms with E-state index in [1.807, 2.05) is 6.92 Å². The van der Waals surface area contributed by atoms with Crippen molar-refractivity contribution in [3.05, 3.63) is 0 Å². The molecule has 13 heavy (non-hydrogen) atoms. The Morgan fingerprint density at radius 3 is 2.62 bits per heavy atom. The van der Waals surface area contributed by atoms with Gasteiger partial charge < -0.3 is 5.11 Å². The van der Waals surface area contributed by atoms with Crippen LogP contribution in [0, 0.1) is 17.8 Å². The Kier molecular flexibility index (Phi) is 4.93. The monoisotopic (exact) mass is 180 g/mol. The van der Waals surface area contributed by atoms with Crippen LogP contribution in [0.15, 0.2) is 0 Å². The van der Waals surface area contributed by atoms with Gasteiger partial charge in [0.1, 0.15) is 0 Å². The molecule has 0 aromatic rings. The normalized spacial score (nSPS) is 20.5. The molecule has 1 atom stereocenters. The SMILES string of the molecule is CC#CCC(O)CC1CCCCC1. The summed E-state index contributed by atoms with van der Waals surface area (Å²) in [4.78, 5) is 0. The maximum Gasteiger partial charge on any atom is 0.0652 e. The molecule has 1 heteroatoms. The molecule has 0 spiro atoms. The lowest BCUT2D eigenvalue weighted by Crippen LogP contribution is -2.15. The van der Waals surface area contributed by atoms with Crippen molar-refractivity contribution in [2.24, 2.45) is 5.92 Å². The topological polar surface area (TPSA) is 20.2 Å². The Bertz CT molecular complexity index is 181. The van der Waals surface area contributed by atoms with E-state index in [0.29, 0.717) is 6.42 Å². The molecule has 1 nitrogen and oxygen atoms in total. The van der Waals surface area contributed by atoms with Crippen LogP contribution >= 0.6 is 0 Å². The molecule has 0 bridgehead atoms. The first-order valence-corrected chi connectivity index (χ1v) is 5.40. The first-order valence-electron chi connectivity index (χ1n) is 5.40. The summed E-state index contributed by atoms with van der Waals surface area (Å²) in [6, 6.07) is 0. The fourth-order valence-corrected chi connectivity index (χ4v) is 2.11. The molecule has 1 aliphatic carbocycles. The van der Waals surface area contributed by atoms with Gasteiger partial charge in [-0.05, 0) is 19.3 Å². The molecule has 1 fully saturated rings. The molecule has 1 rings (SSSR count). The molecule has 1 aliphatic rings. The Hall–Kier alpha value is -0.480. The number of aliphatic hydroxyl groups is 1. The van der Waals surface area contributed by atoms with Crippen molar-refractivity contribution in [2.75, 3.05) is 0 Å². The zero-order valence-corrected chi connectivity index (χ0v) is 8.55. The first kappa shape index (κ1) is 10.6. The van der Waals surface area contributed by atoms with Crippen molar-refractivity contribution in [1.82, 2.24) is 0 Å². The van der Waals surface area contributed by atoms with Crippen molar-refractivity contribution in [2.45, 2.75) is 58.0 Å². The van der Waals surface area contributed by atoms with Crippen molar-refractivity contribution < 1.29 is 5.11 Å². The van der Waals surface area contributed by atoms with E-state index in [1.165, 1.54) is 32.1 Å². The minimum Gasteiger partial charge on any atom is -0.392 e. The second-order valence-electron chi connectivity index (χ2n) is 4.02. The van der Waals surface area contributed by atoms with Gasteiger partial charge in [0.15, 0.2) is 0 Å². The summed E-state index contributed by atoms with van der Waals surface area (Å²) in [5, 5.41) is 9.63. The highest BCUT2D eigenvalue weighted by Gasteiger charge is 2.16. The second kappa shape index (κ2) is 6.05. The van der Waals surface area contributed by atoms with Crippen LogP contribution in [0.5, 0.6) is 0 Å². The van der Waals surface area contributed by atoms with Gasteiger partial charge in [0.05, 0.1) is 6.10 Å². The first-order chi connectivity index (χ1) is 6.33. The zero-order valence-electron chi connectivity index (χ0n) is 8.55. The molecule has 74 valence electrons. The molecule has 0 aromatic carbocycles. The molecule has 0 heterocycles. The van der Waals surface area contributed by atoms with E-state index in [4.69, 9.17) is 0 Å². The van der Waals surface area contributed by atoms with E-state index in [0.717, 1.165) is 12.3 Å². The van der Waals surface area contributed by atoms with E-state index >= 15 is 0 Å². The van der Waals surface area contributed by atoms with Crippen LogP contribution in [0.4, 0.5) is 0 Å². The van der Waals surface area contributed by atoms with E-state index in [9.17, 15) is 5.11 Å². The smallest absolute Gasteiger partial charge is 0.0652 e. The largest absolute Gasteiger partial charge is 0.392 e. The predicted molar refractivity (Wildman–Crippen MR) is 55.3 cm³/mol. The highest BCUT2D eigenvalue weighted by atomic mass is 16.3. The van der Waals surface area contributed by atoms with Gasteiger partial charge in [-0.3, -0.25) is 0 Å². The van der Waals surface area contributed by atoms with Gasteiger partial charge in [0.25, 0.3) is 0 Å². The summed E-state index contributed by atoms with van der Waals surface area (Å²) in [7, 11) is 0. The molecular formula is C12H20O. The summed E-state index contributed by atoms with van der Waals surface area (Å²) >= 11 is 0. The Morgan fingerprint density at radius 1 is 1.31 bits per heavy atom. The van der Waals surface area contributed by atoms with Gasteiger partial charge in [-0.1, -0.05) is 32.1 Å². The average molecular weight is 180 g/mol. The van der Waals surface area contributed by atoms with Gasteiger partial charge in [-0.25, -0.2) is 0 Å². The van der Waals surface area contributed by atoms with Gasteiger partial charge in [-0.15, -0.1) is 11.8 Å². The molecule has 1 N–H and O–H groups in total. The van der Waals surface area contributed by atoms with Gasteiger partial charge in [-0.2, -0.15) is 0 Å². The maximum atomic E-state index is 9.63. The summed E-state index contributed by atoms with van der Waals surface area (Å²) in [5.74, 6) is 6.53. The number of aliphatic hydroxyl groups excluding tert-OH is 1. The van der Waals surface area contributed by atoms with E-state index < -0.39 is 0 Å². The van der Waals surface area contributed by atoms with Crippen LogP contribution < -0.4 is 0 Å². The highest BCUT2D eigenvalue weighted by molar-refractivity contribution is 4.96. The maximum absolute atomic E-state index is 9.63. The van der Waals surface area contributed by atoms with Gasteiger partial charge >= 0.3 is 0 Å². The van der Waals surface area contributed by atoms with Crippen molar-refractivity contribution in [3.63, 3.8) is 0 Å². The van der Waals surface area contributed by atoms with Crippen molar-refractivity contribution in [3.8, 4) is 11.8 Å². The number of hydrogen-bond acceptors (Lipinski definition) is 1. The molecule has 0 amide bonds. The van der Waals surface area contributed by atoms with Crippen LogP contribution in [0.3, 0.4) is 0 Å². The number of hydrogen-bond donors (Lipinski definition) is 1. The van der Waals surface area contributed by atoms with Crippen LogP contribution in [-0.2, 0) is 0 Å². The molecule has 0 radical (unpaired) electrons. The Balaban J connectivity index is 2.16. The standard InChI is InChI=1S/C12H20O/c1-2-3-9-12(13)10-11-7-5-4-6-8-11/h11-13H,4-10H2,1H3. The second-order valence-corrected chi connectivity index (χ2v) is 4.02. The van der Waals surface area contributed by atoms with Crippen LogP contribution in [-0.4, -0.2) is 11.2 Å². The summed E-state index contributed by atoms with van der Waals surface area (Å²) < 4.78 is 0. The van der Waals surface area contributed by atoms with Gasteiger partial charge in [0.2, 0.25) is 0 Å². The van der Waals surface area contributed by atoms with E-state index in [1.54, 1.807) is 0 Å². The van der Waals surface area contributed by atoms with Crippen LogP contribution in [0.25, 0.3) is 0 Å². The quantitative estimate of drug-likeness (QED) is 0.662. The lowest BCUT2D eigenvalue weighted by Gasteiger charge is -2.23. The average Bonchev–Trinajstić information content (AvgIpc) is 2.16. The summed E-state index contributed by atoms with van der Waals surface area (Å²) in [6.07, 6.45) is 8.18. The molecule has 0 aromatic heterocycles. The summed E-state index contributed by atoms with van der Waals surface area (Å²) in [6.45, 7) is 1.83. The lowest BCUT2D eigenvalue weighted by molar-refractivity contribution is 0.134. The van der Waals surface area contributed by atoms with Crippen molar-refractivity contribution in [1.29, 1.82) is 0 Å². The Morgan fingerprint density at radius 2 is 2.00 bits per heavy atom. The van der Waals surface area contributed by atoms with Crippen LogP contribution in [0.2, 0.25) is 0 Å². The predicted octanol–water partition coefficient (Wildman–Crippen LogP) is 2.73. The zero-order chi connectivity index (χ0) is 9.52. The highest BCUT2D eigenvalue weighted by Crippen LogP contribution is 2.27. The fourth-order valence-electron chi connectivity index (χ4n) is 2.11. The molecular weight excluding hydrogens is 160 g/mol. The minimum atomic E-state index is -0.185. The van der Waals surface area contributed by atoms with Crippen molar-refractivity contribution >= 4 is 0 Å². The third-order valence-corrected chi connectivity index (χ3v) is 2.84. The third-order valence-electron chi connectivity index (χ3n) is 2.84. The summed E-state index contributed by atoms with van der Waals surface area (Å²) in [5.41, 5.74) is 0. The molecule has 0 aliphatic heterocycles. The molecule has 1 saturated carbocycles. The van der Waals surface area contributed by atoms with E-state index in [2.05, 4.69) is 11.8 Å². The number of rotatable bonds is 3. The third kappa shape index (κ3) is 4.33. The van der Waals surface area contributed by atoms with E-state index in [-0.39, 0.29) is 6.10 Å². The molecule has 0 saturated heterocycles. The minimum absolute atomic E-state index is 0.185. The van der Waals surface area contributed by atoms with Gasteiger partial charge in [0, 0.05) is 6.42 Å². The Labute approximate surface area is 81.5 Å². The van der Waals surface area contributed by atoms with Crippen LogP contribution in [0.1, 0.15) is 51.9 Å². The lowest BCUT2D eigenvalue weighted by atomic mass is 9.85. The molecule has 1 unspecified atom stereocenters.